The Morgan fingerprint density at radius 2 is 2.14 bits per heavy atom. The molecule has 0 fully saturated rings. The lowest BCUT2D eigenvalue weighted by Gasteiger charge is -2.24. The Balaban J connectivity index is 2.94. The maximum absolute atomic E-state index is 8.96. The van der Waals surface area contributed by atoms with Gasteiger partial charge < -0.3 is 21.5 Å². The molecule has 0 radical (unpaired) electrons. The van der Waals surface area contributed by atoms with Gasteiger partial charge in [0.15, 0.2) is 0 Å². The van der Waals surface area contributed by atoms with Gasteiger partial charge in [-0.2, -0.15) is 9.97 Å². The molecule has 1 atom stereocenters. The summed E-state index contributed by atoms with van der Waals surface area (Å²) in [4.78, 5) is 9.55. The van der Waals surface area contributed by atoms with Crippen molar-refractivity contribution in [1.29, 1.82) is 0 Å². The highest BCUT2D eigenvalue weighted by Crippen LogP contribution is 2.15. The Labute approximate surface area is 82.6 Å². The van der Waals surface area contributed by atoms with E-state index in [2.05, 4.69) is 9.97 Å². The second-order valence-corrected chi connectivity index (χ2v) is 3.15. The van der Waals surface area contributed by atoms with Crippen molar-refractivity contribution < 1.29 is 5.11 Å². The molecular weight excluding hydrogens is 182 g/mol. The van der Waals surface area contributed by atoms with E-state index >= 15 is 0 Å². The Morgan fingerprint density at radius 1 is 1.50 bits per heavy atom. The van der Waals surface area contributed by atoms with Crippen molar-refractivity contribution in [3.8, 4) is 0 Å². The molecule has 0 aromatic carbocycles. The summed E-state index contributed by atoms with van der Waals surface area (Å²) in [5.74, 6) is 1.07. The lowest BCUT2D eigenvalue weighted by atomic mass is 10.3. The van der Waals surface area contributed by atoms with E-state index in [1.807, 2.05) is 14.0 Å². The molecule has 6 nitrogen and oxygen atoms in total. The van der Waals surface area contributed by atoms with Crippen LogP contribution in [0.5, 0.6) is 0 Å². The quantitative estimate of drug-likeness (QED) is 0.601. The summed E-state index contributed by atoms with van der Waals surface area (Å²) in [6, 6.07) is 1.58. The van der Waals surface area contributed by atoms with E-state index in [0.717, 1.165) is 0 Å². The lowest BCUT2D eigenvalue weighted by Crippen LogP contribution is -2.32. The van der Waals surface area contributed by atoms with E-state index in [4.69, 9.17) is 16.6 Å². The van der Waals surface area contributed by atoms with Crippen molar-refractivity contribution in [3.63, 3.8) is 0 Å². The Hall–Kier alpha value is -1.56. The molecular formula is C8H15N5O. The number of rotatable bonds is 3. The Morgan fingerprint density at radius 3 is 2.64 bits per heavy atom. The summed E-state index contributed by atoms with van der Waals surface area (Å²) >= 11 is 0. The van der Waals surface area contributed by atoms with Gasteiger partial charge in [0.25, 0.3) is 0 Å². The number of hydrogen-bond donors (Lipinski definition) is 3. The number of likely N-dealkylation sites (N-methyl/N-ethyl adjacent to an activating group) is 1. The first kappa shape index (κ1) is 10.5. The van der Waals surface area contributed by atoms with Gasteiger partial charge in [-0.1, -0.05) is 0 Å². The monoisotopic (exact) mass is 197 g/mol. The molecule has 6 heteroatoms. The van der Waals surface area contributed by atoms with Crippen molar-refractivity contribution in [2.24, 2.45) is 0 Å². The van der Waals surface area contributed by atoms with E-state index in [0.29, 0.717) is 11.6 Å². The third kappa shape index (κ3) is 2.23. The number of aliphatic hydroxyl groups is 1. The predicted molar refractivity (Wildman–Crippen MR) is 55.8 cm³/mol. The molecule has 0 saturated carbocycles. The van der Waals surface area contributed by atoms with Gasteiger partial charge in [-0.05, 0) is 6.92 Å². The van der Waals surface area contributed by atoms with Gasteiger partial charge in [-0.3, -0.25) is 0 Å². The van der Waals surface area contributed by atoms with E-state index < -0.39 is 0 Å². The van der Waals surface area contributed by atoms with Crippen molar-refractivity contribution in [3.05, 3.63) is 6.07 Å². The largest absolute Gasteiger partial charge is 0.394 e. The molecule has 1 aromatic rings. The smallest absolute Gasteiger partial charge is 0.223 e. The standard InChI is InChI=1S/C8H15N5O/c1-5(4-14)13(2)7-3-6(9)11-8(10)12-7/h3,5,14H,4H2,1-2H3,(H4,9,10,11,12). The second kappa shape index (κ2) is 4.10. The fourth-order valence-corrected chi connectivity index (χ4v) is 1.00. The number of aliphatic hydroxyl groups excluding tert-OH is 1. The summed E-state index contributed by atoms with van der Waals surface area (Å²) in [5, 5.41) is 8.96. The van der Waals surface area contributed by atoms with E-state index in [1.165, 1.54) is 0 Å². The Kier molecular flexibility index (Phi) is 3.08. The molecule has 1 rings (SSSR count). The molecule has 0 amide bonds. The van der Waals surface area contributed by atoms with Crippen LogP contribution in [0.3, 0.4) is 0 Å². The average molecular weight is 197 g/mol. The van der Waals surface area contributed by atoms with E-state index in [9.17, 15) is 0 Å². The molecule has 0 aliphatic rings. The zero-order valence-corrected chi connectivity index (χ0v) is 8.31. The molecule has 0 aliphatic heterocycles. The highest BCUT2D eigenvalue weighted by Gasteiger charge is 2.11. The highest BCUT2D eigenvalue weighted by atomic mass is 16.3. The van der Waals surface area contributed by atoms with Gasteiger partial charge in [0, 0.05) is 13.1 Å². The fraction of sp³-hybridized carbons (Fsp3) is 0.500. The average Bonchev–Trinajstić information content (AvgIpc) is 2.14. The van der Waals surface area contributed by atoms with Crippen LogP contribution in [0.4, 0.5) is 17.6 Å². The predicted octanol–water partition coefficient (Wildman–Crippen LogP) is -0.542. The minimum atomic E-state index is -0.0382. The first-order valence-corrected chi connectivity index (χ1v) is 4.28. The van der Waals surface area contributed by atoms with Crippen LogP contribution in [-0.2, 0) is 0 Å². The number of anilines is 3. The highest BCUT2D eigenvalue weighted by molar-refractivity contribution is 5.50. The summed E-state index contributed by atoms with van der Waals surface area (Å²) in [6.07, 6.45) is 0. The zero-order chi connectivity index (χ0) is 10.7. The van der Waals surface area contributed by atoms with Gasteiger partial charge in [-0.15, -0.1) is 0 Å². The molecule has 1 aromatic heterocycles. The van der Waals surface area contributed by atoms with Gasteiger partial charge in [0.05, 0.1) is 12.6 Å². The second-order valence-electron chi connectivity index (χ2n) is 3.15. The summed E-state index contributed by atoms with van der Waals surface area (Å²) < 4.78 is 0. The number of nitrogen functional groups attached to an aromatic ring is 2. The minimum Gasteiger partial charge on any atom is -0.394 e. The fourth-order valence-electron chi connectivity index (χ4n) is 1.00. The van der Waals surface area contributed by atoms with Crippen LogP contribution in [0.2, 0.25) is 0 Å². The van der Waals surface area contributed by atoms with Crippen LogP contribution >= 0.6 is 0 Å². The molecule has 0 bridgehead atoms. The molecule has 0 saturated heterocycles. The van der Waals surface area contributed by atoms with E-state index in [-0.39, 0.29) is 18.6 Å². The SMILES string of the molecule is CC(CO)N(C)c1cc(N)nc(N)n1. The maximum Gasteiger partial charge on any atom is 0.223 e. The molecule has 1 heterocycles. The molecule has 0 aliphatic carbocycles. The summed E-state index contributed by atoms with van der Waals surface area (Å²) in [5.41, 5.74) is 11.0. The van der Waals surface area contributed by atoms with Gasteiger partial charge >= 0.3 is 0 Å². The van der Waals surface area contributed by atoms with Crippen LogP contribution < -0.4 is 16.4 Å². The van der Waals surface area contributed by atoms with Gasteiger partial charge in [0.2, 0.25) is 5.95 Å². The first-order chi connectivity index (χ1) is 6.54. The lowest BCUT2D eigenvalue weighted by molar-refractivity contribution is 0.270. The molecule has 1 unspecified atom stereocenters. The number of nitrogens with two attached hydrogens (primary N) is 2. The summed E-state index contributed by atoms with van der Waals surface area (Å²) in [6.45, 7) is 1.91. The Bertz CT molecular complexity index is 296. The number of aromatic nitrogens is 2. The normalized spacial score (nSPS) is 12.5. The molecule has 0 spiro atoms. The van der Waals surface area contributed by atoms with Crippen LogP contribution in [-0.4, -0.2) is 34.8 Å². The van der Waals surface area contributed by atoms with Crippen LogP contribution in [0.1, 0.15) is 6.92 Å². The maximum atomic E-state index is 8.96. The number of nitrogens with zero attached hydrogens (tertiary/aromatic N) is 3. The summed E-state index contributed by atoms with van der Waals surface area (Å²) in [7, 11) is 1.81. The minimum absolute atomic E-state index is 0.0382. The third-order valence-corrected chi connectivity index (χ3v) is 2.04. The van der Waals surface area contributed by atoms with Crippen molar-refractivity contribution >= 4 is 17.6 Å². The van der Waals surface area contributed by atoms with Gasteiger partial charge in [-0.25, -0.2) is 0 Å². The van der Waals surface area contributed by atoms with Crippen LogP contribution in [0, 0.1) is 0 Å². The first-order valence-electron chi connectivity index (χ1n) is 4.28. The van der Waals surface area contributed by atoms with Crippen molar-refractivity contribution in [2.75, 3.05) is 30.0 Å². The van der Waals surface area contributed by atoms with Gasteiger partial charge in [0.1, 0.15) is 11.6 Å². The topological polar surface area (TPSA) is 101 Å². The molecule has 5 N–H and O–H groups in total. The number of hydrogen-bond acceptors (Lipinski definition) is 6. The van der Waals surface area contributed by atoms with Crippen molar-refractivity contribution in [1.82, 2.24) is 9.97 Å². The van der Waals surface area contributed by atoms with E-state index in [1.54, 1.807) is 11.0 Å². The molecule has 78 valence electrons. The van der Waals surface area contributed by atoms with Crippen LogP contribution in [0.15, 0.2) is 6.07 Å². The molecule has 14 heavy (non-hydrogen) atoms. The van der Waals surface area contributed by atoms with Crippen LogP contribution in [0.25, 0.3) is 0 Å². The third-order valence-electron chi connectivity index (χ3n) is 2.04. The zero-order valence-electron chi connectivity index (χ0n) is 8.31. The van der Waals surface area contributed by atoms with Crippen molar-refractivity contribution in [2.45, 2.75) is 13.0 Å².